The zero-order valence-electron chi connectivity index (χ0n) is 7.20. The molecule has 0 aliphatic carbocycles. The van der Waals surface area contributed by atoms with E-state index in [2.05, 4.69) is 6.58 Å². The fourth-order valence-corrected chi connectivity index (χ4v) is 1.12. The number of hydrogen-bond donors (Lipinski definition) is 2. The Morgan fingerprint density at radius 3 is 2.92 bits per heavy atom. The number of benzene rings is 1. The third-order valence-electron chi connectivity index (χ3n) is 1.80. The van der Waals surface area contributed by atoms with Crippen LogP contribution in [0.1, 0.15) is 18.1 Å². The molecule has 0 aromatic heterocycles. The van der Waals surface area contributed by atoms with Gasteiger partial charge in [-0.1, -0.05) is 6.08 Å². The van der Waals surface area contributed by atoms with Crippen LogP contribution < -0.4 is 5.73 Å². The summed E-state index contributed by atoms with van der Waals surface area (Å²) in [5, 5.41) is 9.51. The summed E-state index contributed by atoms with van der Waals surface area (Å²) in [5.74, 6) is -0.396. The number of aliphatic hydroxyl groups is 1. The van der Waals surface area contributed by atoms with Crippen molar-refractivity contribution in [2.75, 3.05) is 5.73 Å². The van der Waals surface area contributed by atoms with E-state index in [0.29, 0.717) is 17.7 Å². The van der Waals surface area contributed by atoms with Crippen molar-refractivity contribution < 1.29 is 9.50 Å². The van der Waals surface area contributed by atoms with Crippen molar-refractivity contribution in [3.63, 3.8) is 0 Å². The van der Waals surface area contributed by atoms with Gasteiger partial charge in [-0.15, -0.1) is 6.58 Å². The summed E-state index contributed by atoms with van der Waals surface area (Å²) in [7, 11) is 0. The molecule has 0 aliphatic rings. The summed E-state index contributed by atoms with van der Waals surface area (Å²) in [6.07, 6.45) is 1.16. The van der Waals surface area contributed by atoms with Crippen LogP contribution in [0.25, 0.3) is 0 Å². The molecule has 0 heterocycles. The Balaban J connectivity index is 2.97. The highest BCUT2D eigenvalue weighted by atomic mass is 19.1. The van der Waals surface area contributed by atoms with E-state index in [9.17, 15) is 9.50 Å². The normalized spacial score (nSPS) is 12.5. The summed E-state index contributed by atoms with van der Waals surface area (Å²) >= 11 is 0. The Morgan fingerprint density at radius 2 is 2.31 bits per heavy atom. The summed E-state index contributed by atoms with van der Waals surface area (Å²) in [4.78, 5) is 0. The fraction of sp³-hybridized carbons (Fsp3) is 0.200. The number of halogens is 1. The van der Waals surface area contributed by atoms with E-state index in [4.69, 9.17) is 5.73 Å². The number of rotatable bonds is 3. The third kappa shape index (κ3) is 2.29. The first kappa shape index (κ1) is 9.74. The van der Waals surface area contributed by atoms with Crippen molar-refractivity contribution in [3.05, 3.63) is 42.2 Å². The van der Waals surface area contributed by atoms with E-state index < -0.39 is 11.9 Å². The molecular weight excluding hydrogens is 169 g/mol. The van der Waals surface area contributed by atoms with Crippen molar-refractivity contribution in [1.82, 2.24) is 0 Å². The highest BCUT2D eigenvalue weighted by Crippen LogP contribution is 2.23. The molecule has 1 aromatic carbocycles. The average molecular weight is 181 g/mol. The number of nitrogen functional groups attached to an aromatic ring is 1. The Bertz CT molecular complexity index is 312. The van der Waals surface area contributed by atoms with Gasteiger partial charge in [0.25, 0.3) is 0 Å². The molecule has 3 N–H and O–H groups in total. The lowest BCUT2D eigenvalue weighted by Gasteiger charge is -2.10. The first-order valence-electron chi connectivity index (χ1n) is 3.99. The molecule has 0 aliphatic heterocycles. The molecule has 3 heteroatoms. The lowest BCUT2D eigenvalue weighted by atomic mass is 10.0. The predicted octanol–water partition coefficient (Wildman–Crippen LogP) is 2.02. The Hall–Kier alpha value is -1.35. The van der Waals surface area contributed by atoms with Crippen LogP contribution in [0.15, 0.2) is 30.9 Å². The van der Waals surface area contributed by atoms with Crippen LogP contribution in [0.3, 0.4) is 0 Å². The van der Waals surface area contributed by atoms with Crippen LogP contribution in [-0.4, -0.2) is 5.11 Å². The maximum Gasteiger partial charge on any atom is 0.123 e. The molecule has 0 saturated carbocycles. The van der Waals surface area contributed by atoms with Gasteiger partial charge in [0, 0.05) is 11.3 Å². The predicted molar refractivity (Wildman–Crippen MR) is 50.6 cm³/mol. The monoisotopic (exact) mass is 181 g/mol. The topological polar surface area (TPSA) is 46.2 Å². The fourth-order valence-electron chi connectivity index (χ4n) is 1.12. The second kappa shape index (κ2) is 4.05. The van der Waals surface area contributed by atoms with Gasteiger partial charge < -0.3 is 10.8 Å². The van der Waals surface area contributed by atoms with E-state index >= 15 is 0 Å². The zero-order chi connectivity index (χ0) is 9.84. The van der Waals surface area contributed by atoms with E-state index in [1.54, 1.807) is 6.08 Å². The van der Waals surface area contributed by atoms with Gasteiger partial charge in [-0.3, -0.25) is 0 Å². The van der Waals surface area contributed by atoms with Crippen molar-refractivity contribution in [2.45, 2.75) is 12.5 Å². The van der Waals surface area contributed by atoms with Gasteiger partial charge >= 0.3 is 0 Å². The quantitative estimate of drug-likeness (QED) is 0.553. The van der Waals surface area contributed by atoms with Crippen LogP contribution >= 0.6 is 0 Å². The van der Waals surface area contributed by atoms with Crippen molar-refractivity contribution >= 4 is 5.69 Å². The van der Waals surface area contributed by atoms with Crippen molar-refractivity contribution in [2.24, 2.45) is 0 Å². The summed E-state index contributed by atoms with van der Waals surface area (Å²) in [6, 6.07) is 3.94. The largest absolute Gasteiger partial charge is 0.398 e. The molecule has 70 valence electrons. The molecule has 0 bridgehead atoms. The highest BCUT2D eigenvalue weighted by molar-refractivity contribution is 5.48. The molecule has 1 atom stereocenters. The minimum absolute atomic E-state index is 0.369. The smallest absolute Gasteiger partial charge is 0.123 e. The van der Waals surface area contributed by atoms with Crippen LogP contribution in [0.5, 0.6) is 0 Å². The Morgan fingerprint density at radius 1 is 1.62 bits per heavy atom. The van der Waals surface area contributed by atoms with Gasteiger partial charge in [0.15, 0.2) is 0 Å². The molecule has 1 aromatic rings. The van der Waals surface area contributed by atoms with Gasteiger partial charge in [0.05, 0.1) is 6.10 Å². The molecule has 0 amide bonds. The van der Waals surface area contributed by atoms with Gasteiger partial charge in [0.2, 0.25) is 0 Å². The van der Waals surface area contributed by atoms with Gasteiger partial charge in [-0.2, -0.15) is 0 Å². The second-order valence-corrected chi connectivity index (χ2v) is 2.81. The molecular formula is C10H12FNO. The van der Waals surface area contributed by atoms with Gasteiger partial charge in [-0.05, 0) is 24.6 Å². The van der Waals surface area contributed by atoms with Crippen LogP contribution in [0.4, 0.5) is 10.1 Å². The first-order chi connectivity index (χ1) is 6.15. The van der Waals surface area contributed by atoms with Gasteiger partial charge in [0.1, 0.15) is 5.82 Å². The van der Waals surface area contributed by atoms with E-state index in [1.165, 1.54) is 18.2 Å². The first-order valence-corrected chi connectivity index (χ1v) is 3.99. The minimum Gasteiger partial charge on any atom is -0.398 e. The molecule has 0 saturated heterocycles. The average Bonchev–Trinajstić information content (AvgIpc) is 2.09. The zero-order valence-corrected chi connectivity index (χ0v) is 7.20. The molecule has 2 nitrogen and oxygen atoms in total. The SMILES string of the molecule is C=CCC(O)c1cc(F)ccc1N. The Kier molecular flexibility index (Phi) is 3.03. The lowest BCUT2D eigenvalue weighted by Crippen LogP contribution is -2.01. The maximum absolute atomic E-state index is 12.8. The third-order valence-corrected chi connectivity index (χ3v) is 1.80. The molecule has 1 unspecified atom stereocenters. The number of nitrogens with two attached hydrogens (primary N) is 1. The molecule has 0 spiro atoms. The summed E-state index contributed by atoms with van der Waals surface area (Å²) < 4.78 is 12.8. The standard InChI is InChI=1S/C10H12FNO/c1-2-3-10(13)8-6-7(11)4-5-9(8)12/h2,4-6,10,13H,1,3,12H2. The van der Waals surface area contributed by atoms with E-state index in [-0.39, 0.29) is 0 Å². The number of aliphatic hydroxyl groups excluding tert-OH is 1. The molecule has 13 heavy (non-hydrogen) atoms. The summed E-state index contributed by atoms with van der Waals surface area (Å²) in [5.41, 5.74) is 6.38. The summed E-state index contributed by atoms with van der Waals surface area (Å²) in [6.45, 7) is 3.48. The maximum atomic E-state index is 12.8. The number of hydrogen-bond acceptors (Lipinski definition) is 2. The van der Waals surface area contributed by atoms with Crippen LogP contribution in [0.2, 0.25) is 0 Å². The second-order valence-electron chi connectivity index (χ2n) is 2.81. The highest BCUT2D eigenvalue weighted by Gasteiger charge is 2.09. The van der Waals surface area contributed by atoms with Gasteiger partial charge in [-0.25, -0.2) is 4.39 Å². The van der Waals surface area contributed by atoms with E-state index in [1.807, 2.05) is 0 Å². The molecule has 0 fully saturated rings. The lowest BCUT2D eigenvalue weighted by molar-refractivity contribution is 0.182. The van der Waals surface area contributed by atoms with E-state index in [0.717, 1.165) is 0 Å². The minimum atomic E-state index is -0.770. The van der Waals surface area contributed by atoms with Crippen molar-refractivity contribution in [3.8, 4) is 0 Å². The molecule has 0 radical (unpaired) electrons. The van der Waals surface area contributed by atoms with Crippen LogP contribution in [0, 0.1) is 5.82 Å². The Labute approximate surface area is 76.5 Å². The number of anilines is 1. The van der Waals surface area contributed by atoms with Crippen LogP contribution in [-0.2, 0) is 0 Å². The molecule has 1 rings (SSSR count). The van der Waals surface area contributed by atoms with Crippen molar-refractivity contribution in [1.29, 1.82) is 0 Å².